The van der Waals surface area contributed by atoms with E-state index >= 15 is 0 Å². The fraction of sp³-hybridized carbons (Fsp3) is 0.875. The van der Waals surface area contributed by atoms with Gasteiger partial charge in [-0.3, -0.25) is 0 Å². The molecule has 0 spiro atoms. The molecule has 0 aromatic carbocycles. The number of rotatable bonds is 1. The van der Waals surface area contributed by atoms with E-state index in [1.807, 2.05) is 4.90 Å². The van der Waals surface area contributed by atoms with E-state index in [9.17, 15) is 14.7 Å². The number of carbonyl (C=O) groups excluding carboxylic acids is 1. The van der Waals surface area contributed by atoms with Gasteiger partial charge in [0.25, 0.3) is 0 Å². The number of aliphatic carboxylic acids is 1. The average Bonchev–Trinajstić information content (AvgIpc) is 2.98. The first kappa shape index (κ1) is 14.7. The van der Waals surface area contributed by atoms with Crippen molar-refractivity contribution < 1.29 is 14.7 Å². The smallest absolute Gasteiger partial charge is 0.326 e. The van der Waals surface area contributed by atoms with Gasteiger partial charge in [0.05, 0.1) is 0 Å². The molecule has 3 atom stereocenters. The second kappa shape index (κ2) is 5.18. The van der Waals surface area contributed by atoms with E-state index in [0.717, 1.165) is 38.8 Å². The zero-order chi connectivity index (χ0) is 15.2. The van der Waals surface area contributed by atoms with E-state index < -0.39 is 12.0 Å². The summed E-state index contributed by atoms with van der Waals surface area (Å²) < 4.78 is 0. The standard InChI is InChI=1S/C16H26N2O3/c1-16(2)7-8-17(10-16)15(21)18-12-6-4-3-5-11(12)9-13(18)14(19)20/h11-13H,3-10H2,1-2H3,(H,19,20). The first-order chi connectivity index (χ1) is 9.89. The molecule has 3 aliphatic rings. The fourth-order valence-electron chi connectivity index (χ4n) is 4.39. The third-order valence-corrected chi connectivity index (χ3v) is 5.54. The van der Waals surface area contributed by atoms with Gasteiger partial charge in [-0.25, -0.2) is 9.59 Å². The number of hydrogen-bond donors (Lipinski definition) is 1. The summed E-state index contributed by atoms with van der Waals surface area (Å²) in [6, 6.07) is -0.507. The molecule has 0 radical (unpaired) electrons. The molecule has 2 saturated heterocycles. The van der Waals surface area contributed by atoms with Crippen molar-refractivity contribution in [1.82, 2.24) is 9.80 Å². The number of urea groups is 1. The number of likely N-dealkylation sites (tertiary alicyclic amines) is 2. The van der Waals surface area contributed by atoms with Gasteiger partial charge >= 0.3 is 12.0 Å². The molecule has 1 aliphatic carbocycles. The lowest BCUT2D eigenvalue weighted by Crippen LogP contribution is -2.51. The lowest BCUT2D eigenvalue weighted by Gasteiger charge is -2.35. The van der Waals surface area contributed by atoms with E-state index in [0.29, 0.717) is 12.3 Å². The molecular formula is C16H26N2O3. The van der Waals surface area contributed by atoms with Crippen molar-refractivity contribution in [2.75, 3.05) is 13.1 Å². The highest BCUT2D eigenvalue weighted by molar-refractivity contribution is 5.84. The van der Waals surface area contributed by atoms with Crippen LogP contribution >= 0.6 is 0 Å². The van der Waals surface area contributed by atoms with Gasteiger partial charge in [-0.15, -0.1) is 0 Å². The van der Waals surface area contributed by atoms with Crippen LogP contribution < -0.4 is 0 Å². The lowest BCUT2D eigenvalue weighted by atomic mass is 9.85. The predicted octanol–water partition coefficient (Wildman–Crippen LogP) is 2.56. The van der Waals surface area contributed by atoms with Crippen molar-refractivity contribution in [3.05, 3.63) is 0 Å². The molecule has 1 saturated carbocycles. The Morgan fingerprint density at radius 1 is 1.19 bits per heavy atom. The Balaban J connectivity index is 1.80. The molecule has 2 amide bonds. The molecule has 3 unspecified atom stereocenters. The van der Waals surface area contributed by atoms with Crippen LogP contribution in [0.2, 0.25) is 0 Å². The Hall–Kier alpha value is -1.26. The van der Waals surface area contributed by atoms with E-state index in [-0.39, 0.29) is 17.5 Å². The number of carboxylic acid groups (broad SMARTS) is 1. The number of fused-ring (bicyclic) bond motifs is 1. The number of nitrogens with zero attached hydrogens (tertiary/aromatic N) is 2. The molecule has 2 heterocycles. The van der Waals surface area contributed by atoms with Gasteiger partial charge < -0.3 is 14.9 Å². The normalized spacial score (nSPS) is 34.9. The Labute approximate surface area is 126 Å². The first-order valence-corrected chi connectivity index (χ1v) is 8.19. The first-order valence-electron chi connectivity index (χ1n) is 8.19. The molecule has 0 aromatic heterocycles. The molecule has 0 aromatic rings. The highest BCUT2D eigenvalue weighted by Crippen LogP contribution is 2.41. The molecule has 5 nitrogen and oxygen atoms in total. The number of hydrogen-bond acceptors (Lipinski definition) is 2. The van der Waals surface area contributed by atoms with Crippen LogP contribution in [0, 0.1) is 11.3 Å². The van der Waals surface area contributed by atoms with Crippen molar-refractivity contribution in [2.24, 2.45) is 11.3 Å². The fourth-order valence-corrected chi connectivity index (χ4v) is 4.39. The minimum Gasteiger partial charge on any atom is -0.480 e. The van der Waals surface area contributed by atoms with Gasteiger partial charge in [0, 0.05) is 19.1 Å². The third kappa shape index (κ3) is 2.62. The molecule has 0 bridgehead atoms. The molecule has 2 aliphatic heterocycles. The summed E-state index contributed by atoms with van der Waals surface area (Å²) >= 11 is 0. The number of carboxylic acids is 1. The maximum Gasteiger partial charge on any atom is 0.326 e. The van der Waals surface area contributed by atoms with Crippen LogP contribution in [0.4, 0.5) is 4.79 Å². The monoisotopic (exact) mass is 294 g/mol. The van der Waals surface area contributed by atoms with Gasteiger partial charge in [0.2, 0.25) is 0 Å². The minimum atomic E-state index is -0.837. The van der Waals surface area contributed by atoms with E-state index in [2.05, 4.69) is 13.8 Å². The molecule has 1 N–H and O–H groups in total. The summed E-state index contributed by atoms with van der Waals surface area (Å²) in [6.07, 6.45) is 5.97. The quantitative estimate of drug-likeness (QED) is 0.808. The Morgan fingerprint density at radius 2 is 1.90 bits per heavy atom. The summed E-state index contributed by atoms with van der Waals surface area (Å²) in [6.45, 7) is 5.84. The summed E-state index contributed by atoms with van der Waals surface area (Å²) in [7, 11) is 0. The molecule has 21 heavy (non-hydrogen) atoms. The van der Waals surface area contributed by atoms with Gasteiger partial charge in [-0.05, 0) is 37.0 Å². The molecule has 5 heteroatoms. The molecular weight excluding hydrogens is 268 g/mol. The molecule has 3 rings (SSSR count). The van der Waals surface area contributed by atoms with Crippen LogP contribution in [-0.2, 0) is 4.79 Å². The van der Waals surface area contributed by atoms with Crippen LogP contribution in [-0.4, -0.2) is 52.1 Å². The molecule has 3 fully saturated rings. The van der Waals surface area contributed by atoms with Crippen LogP contribution in [0.1, 0.15) is 52.4 Å². The highest BCUT2D eigenvalue weighted by atomic mass is 16.4. The lowest BCUT2D eigenvalue weighted by molar-refractivity contribution is -0.141. The second-order valence-corrected chi connectivity index (χ2v) is 7.73. The van der Waals surface area contributed by atoms with E-state index in [1.54, 1.807) is 4.90 Å². The van der Waals surface area contributed by atoms with Crippen molar-refractivity contribution in [3.8, 4) is 0 Å². The van der Waals surface area contributed by atoms with Crippen LogP contribution in [0.5, 0.6) is 0 Å². The van der Waals surface area contributed by atoms with Gasteiger partial charge in [0.1, 0.15) is 6.04 Å². The van der Waals surface area contributed by atoms with Gasteiger partial charge in [0.15, 0.2) is 0 Å². The Morgan fingerprint density at radius 3 is 2.52 bits per heavy atom. The van der Waals surface area contributed by atoms with Crippen LogP contribution in [0.15, 0.2) is 0 Å². The molecule has 118 valence electrons. The van der Waals surface area contributed by atoms with Gasteiger partial charge in [-0.1, -0.05) is 26.7 Å². The van der Waals surface area contributed by atoms with E-state index in [4.69, 9.17) is 0 Å². The summed E-state index contributed by atoms with van der Waals surface area (Å²) in [5.74, 6) is -0.448. The largest absolute Gasteiger partial charge is 0.480 e. The summed E-state index contributed by atoms with van der Waals surface area (Å²) in [5.41, 5.74) is 0.153. The average molecular weight is 294 g/mol. The van der Waals surface area contributed by atoms with E-state index in [1.165, 1.54) is 6.42 Å². The van der Waals surface area contributed by atoms with Crippen molar-refractivity contribution in [2.45, 2.75) is 64.5 Å². The van der Waals surface area contributed by atoms with Crippen LogP contribution in [0.3, 0.4) is 0 Å². The summed E-state index contributed by atoms with van der Waals surface area (Å²) in [5, 5.41) is 9.51. The van der Waals surface area contributed by atoms with Gasteiger partial charge in [-0.2, -0.15) is 0 Å². The maximum atomic E-state index is 12.9. The zero-order valence-electron chi connectivity index (χ0n) is 13.0. The summed E-state index contributed by atoms with van der Waals surface area (Å²) in [4.78, 5) is 28.1. The van der Waals surface area contributed by atoms with Crippen molar-refractivity contribution in [1.29, 1.82) is 0 Å². The SMILES string of the molecule is CC1(C)CCN(C(=O)N2C(C(=O)O)CC3CCCCC32)C1. The maximum absolute atomic E-state index is 12.9. The van der Waals surface area contributed by atoms with Crippen LogP contribution in [0.25, 0.3) is 0 Å². The minimum absolute atomic E-state index is 0.0395. The highest BCUT2D eigenvalue weighted by Gasteiger charge is 2.49. The Kier molecular flexibility index (Phi) is 3.62. The predicted molar refractivity (Wildman–Crippen MR) is 79.0 cm³/mol. The number of amides is 2. The number of carbonyl (C=O) groups is 2. The van der Waals surface area contributed by atoms with Crippen molar-refractivity contribution >= 4 is 12.0 Å². The topological polar surface area (TPSA) is 60.9 Å². The van der Waals surface area contributed by atoms with Crippen molar-refractivity contribution in [3.63, 3.8) is 0 Å². The zero-order valence-corrected chi connectivity index (χ0v) is 13.0. The third-order valence-electron chi connectivity index (χ3n) is 5.54. The Bertz CT molecular complexity index is 449. The second-order valence-electron chi connectivity index (χ2n) is 7.73.